The third kappa shape index (κ3) is 3.78. The van der Waals surface area contributed by atoms with Gasteiger partial charge in [0, 0.05) is 22.5 Å². The number of carbonyl (C=O) groups excluding carboxylic acids is 1. The second-order valence-electron chi connectivity index (χ2n) is 4.47. The molecule has 0 aliphatic rings. The van der Waals surface area contributed by atoms with Gasteiger partial charge in [-0.3, -0.25) is 9.35 Å². The molecule has 22 heavy (non-hydrogen) atoms. The van der Waals surface area contributed by atoms with Crippen molar-refractivity contribution in [3.63, 3.8) is 0 Å². The highest BCUT2D eigenvalue weighted by atomic mass is 79.9. The molecule has 0 radical (unpaired) electrons. The molecular formula is C13H11Br2NO5S. The highest BCUT2D eigenvalue weighted by Gasteiger charge is 2.17. The van der Waals surface area contributed by atoms with Crippen molar-refractivity contribution >= 4 is 64.3 Å². The number of fused-ring (bicyclic) bond motifs is 1. The van der Waals surface area contributed by atoms with E-state index >= 15 is 0 Å². The Morgan fingerprint density at radius 2 is 1.95 bits per heavy atom. The number of hydrogen-bond acceptors (Lipinski definition) is 4. The first kappa shape index (κ1) is 17.2. The Morgan fingerprint density at radius 3 is 2.55 bits per heavy atom. The Labute approximate surface area is 143 Å². The summed E-state index contributed by atoms with van der Waals surface area (Å²) in [6.07, 6.45) is 0. The van der Waals surface area contributed by atoms with Gasteiger partial charge in [-0.05, 0) is 23.6 Å². The molecule has 0 spiro atoms. The van der Waals surface area contributed by atoms with Crippen LogP contribution in [0, 0.1) is 0 Å². The van der Waals surface area contributed by atoms with Crippen LogP contribution in [0.2, 0.25) is 0 Å². The maximum atomic E-state index is 11.8. The van der Waals surface area contributed by atoms with Crippen LogP contribution in [-0.2, 0) is 14.9 Å². The Bertz CT molecular complexity index is 838. The van der Waals surface area contributed by atoms with Crippen LogP contribution in [-0.4, -0.2) is 34.1 Å². The van der Waals surface area contributed by atoms with E-state index in [1.807, 2.05) is 0 Å². The number of anilines is 1. The fraction of sp³-hybridized carbons (Fsp3) is 0.154. The van der Waals surface area contributed by atoms with Crippen molar-refractivity contribution in [3.8, 4) is 5.75 Å². The van der Waals surface area contributed by atoms with Crippen molar-refractivity contribution in [3.05, 3.63) is 30.3 Å². The Balaban J connectivity index is 2.54. The fourth-order valence-corrected chi connectivity index (χ4v) is 3.02. The standard InChI is InChI=1S/C13H11Br2NO5S/c14-6-11(15)13(18)16-8-2-1-7-3-9(17)5-12(10(7)4-8)22(19,20)21/h1-5,11,17H,6H2,(H,16,18)(H,19,20,21). The van der Waals surface area contributed by atoms with Crippen LogP contribution < -0.4 is 5.32 Å². The van der Waals surface area contributed by atoms with E-state index in [9.17, 15) is 22.9 Å². The van der Waals surface area contributed by atoms with E-state index in [0.29, 0.717) is 16.4 Å². The van der Waals surface area contributed by atoms with Crippen molar-refractivity contribution in [1.29, 1.82) is 0 Å². The summed E-state index contributed by atoms with van der Waals surface area (Å²) in [5.41, 5.74) is 0.374. The van der Waals surface area contributed by atoms with E-state index in [1.54, 1.807) is 6.07 Å². The normalized spacial score (nSPS) is 13.0. The first-order valence-corrected chi connectivity index (χ1v) is 9.45. The summed E-state index contributed by atoms with van der Waals surface area (Å²) in [4.78, 5) is 11.0. The Hall–Kier alpha value is -1.16. The molecule has 1 amide bonds. The van der Waals surface area contributed by atoms with Crippen LogP contribution in [0.4, 0.5) is 5.69 Å². The van der Waals surface area contributed by atoms with Gasteiger partial charge in [0.25, 0.3) is 10.1 Å². The number of benzene rings is 2. The van der Waals surface area contributed by atoms with Crippen molar-refractivity contribution in [2.75, 3.05) is 10.6 Å². The lowest BCUT2D eigenvalue weighted by molar-refractivity contribution is -0.115. The fourth-order valence-electron chi connectivity index (χ4n) is 1.89. The lowest BCUT2D eigenvalue weighted by atomic mass is 10.1. The van der Waals surface area contributed by atoms with Crippen molar-refractivity contribution in [1.82, 2.24) is 0 Å². The minimum Gasteiger partial charge on any atom is -0.508 e. The van der Waals surface area contributed by atoms with Crippen LogP contribution >= 0.6 is 31.9 Å². The van der Waals surface area contributed by atoms with E-state index in [4.69, 9.17) is 0 Å². The number of alkyl halides is 2. The summed E-state index contributed by atoms with van der Waals surface area (Å²) < 4.78 is 32.1. The molecule has 1 unspecified atom stereocenters. The second-order valence-corrected chi connectivity index (χ2v) is 7.61. The van der Waals surface area contributed by atoms with Gasteiger partial charge >= 0.3 is 0 Å². The number of phenolic OH excluding ortho intramolecular Hbond substituents is 1. The van der Waals surface area contributed by atoms with Gasteiger partial charge in [-0.25, -0.2) is 0 Å². The van der Waals surface area contributed by atoms with Crippen LogP contribution in [0.5, 0.6) is 5.75 Å². The average Bonchev–Trinajstić information content (AvgIpc) is 2.44. The van der Waals surface area contributed by atoms with Crippen molar-refractivity contribution in [2.24, 2.45) is 0 Å². The maximum Gasteiger partial charge on any atom is 0.295 e. The zero-order valence-electron chi connectivity index (χ0n) is 11.0. The minimum absolute atomic E-state index is 0.197. The average molecular weight is 453 g/mol. The van der Waals surface area contributed by atoms with Gasteiger partial charge < -0.3 is 10.4 Å². The molecule has 0 aromatic heterocycles. The van der Waals surface area contributed by atoms with Crippen molar-refractivity contribution < 1.29 is 22.9 Å². The number of aromatic hydroxyl groups is 1. The first-order valence-electron chi connectivity index (χ1n) is 5.97. The number of nitrogens with one attached hydrogen (secondary N) is 1. The topological polar surface area (TPSA) is 104 Å². The number of rotatable bonds is 4. The molecule has 0 aliphatic heterocycles. The molecule has 9 heteroatoms. The molecule has 1 atom stereocenters. The van der Waals surface area contributed by atoms with Gasteiger partial charge in [0.1, 0.15) is 15.5 Å². The lowest BCUT2D eigenvalue weighted by Crippen LogP contribution is -2.23. The predicted molar refractivity (Wildman–Crippen MR) is 90.6 cm³/mol. The number of hydrogen-bond donors (Lipinski definition) is 3. The van der Waals surface area contributed by atoms with E-state index in [-0.39, 0.29) is 17.0 Å². The zero-order chi connectivity index (χ0) is 16.5. The van der Waals surface area contributed by atoms with Crippen molar-refractivity contribution in [2.45, 2.75) is 9.72 Å². The van der Waals surface area contributed by atoms with Gasteiger partial charge in [0.2, 0.25) is 5.91 Å². The third-order valence-electron chi connectivity index (χ3n) is 2.87. The molecule has 0 saturated heterocycles. The monoisotopic (exact) mass is 451 g/mol. The van der Waals surface area contributed by atoms with Gasteiger partial charge in [-0.15, -0.1) is 0 Å². The predicted octanol–water partition coefficient (Wildman–Crippen LogP) is 2.89. The van der Waals surface area contributed by atoms with Crippen LogP contribution in [0.1, 0.15) is 0 Å². The molecule has 0 fully saturated rings. The highest BCUT2D eigenvalue weighted by molar-refractivity contribution is 9.12. The van der Waals surface area contributed by atoms with E-state index in [2.05, 4.69) is 37.2 Å². The molecule has 0 aliphatic carbocycles. The van der Waals surface area contributed by atoms with E-state index in [1.165, 1.54) is 18.2 Å². The minimum atomic E-state index is -4.51. The SMILES string of the molecule is O=C(Nc1ccc2cc(O)cc(S(=O)(=O)O)c2c1)C(Br)CBr. The summed E-state index contributed by atoms with van der Waals surface area (Å²) >= 11 is 6.34. The van der Waals surface area contributed by atoms with E-state index < -0.39 is 19.8 Å². The summed E-state index contributed by atoms with van der Waals surface area (Å²) in [7, 11) is -4.51. The van der Waals surface area contributed by atoms with Gasteiger partial charge in [-0.1, -0.05) is 37.9 Å². The Kier molecular flexibility index (Phi) is 5.10. The molecule has 0 bridgehead atoms. The van der Waals surface area contributed by atoms with E-state index in [0.717, 1.165) is 6.07 Å². The summed E-state index contributed by atoms with van der Waals surface area (Å²) in [6.45, 7) is 0. The Morgan fingerprint density at radius 1 is 1.27 bits per heavy atom. The molecule has 0 heterocycles. The number of carbonyl (C=O) groups is 1. The molecular weight excluding hydrogens is 442 g/mol. The molecule has 0 saturated carbocycles. The maximum absolute atomic E-state index is 11.8. The number of amides is 1. The van der Waals surface area contributed by atoms with Crippen LogP contribution in [0.15, 0.2) is 35.2 Å². The zero-order valence-corrected chi connectivity index (χ0v) is 14.9. The van der Waals surface area contributed by atoms with Gasteiger partial charge in [-0.2, -0.15) is 8.42 Å². The second kappa shape index (κ2) is 6.53. The smallest absolute Gasteiger partial charge is 0.295 e. The molecule has 3 N–H and O–H groups in total. The summed E-state index contributed by atoms with van der Waals surface area (Å²) in [6, 6.07) is 6.85. The molecule has 118 valence electrons. The summed E-state index contributed by atoms with van der Waals surface area (Å²) in [5, 5.41) is 13.2. The first-order chi connectivity index (χ1) is 10.2. The van der Waals surface area contributed by atoms with Gasteiger partial charge in [0.15, 0.2) is 0 Å². The van der Waals surface area contributed by atoms with Crippen LogP contribution in [0.3, 0.4) is 0 Å². The summed E-state index contributed by atoms with van der Waals surface area (Å²) in [5.74, 6) is -0.583. The molecule has 2 aromatic carbocycles. The van der Waals surface area contributed by atoms with Gasteiger partial charge in [0.05, 0.1) is 0 Å². The third-order valence-corrected chi connectivity index (χ3v) is 6.02. The molecule has 6 nitrogen and oxygen atoms in total. The molecule has 2 aromatic rings. The highest BCUT2D eigenvalue weighted by Crippen LogP contribution is 2.30. The number of halogens is 2. The van der Waals surface area contributed by atoms with Crippen LogP contribution in [0.25, 0.3) is 10.8 Å². The quantitative estimate of drug-likeness (QED) is 0.488. The number of phenols is 1. The molecule has 2 rings (SSSR count). The lowest BCUT2D eigenvalue weighted by Gasteiger charge is -2.11. The largest absolute Gasteiger partial charge is 0.508 e.